The van der Waals surface area contributed by atoms with Crippen molar-refractivity contribution in [2.45, 2.75) is 0 Å². The second kappa shape index (κ2) is 2.76. The Kier molecular flexibility index (Phi) is 2.18. The van der Waals surface area contributed by atoms with Crippen LogP contribution in [0.1, 0.15) is 0 Å². The molecule has 4 nitrogen and oxygen atoms in total. The molecule has 0 atom stereocenters. The Morgan fingerprint density at radius 3 is 2.43 bits per heavy atom. The topological polar surface area (TPSA) is 75.5 Å². The molecule has 0 aromatic rings. The normalized spacial score (nSPS) is 5.57. The van der Waals surface area contributed by atoms with Gasteiger partial charge in [0.2, 0.25) is 5.70 Å². The van der Waals surface area contributed by atoms with E-state index in [2.05, 4.69) is 5.18 Å². The van der Waals surface area contributed by atoms with Gasteiger partial charge in [-0.3, -0.25) is 0 Å². The van der Waals surface area contributed by atoms with Gasteiger partial charge in [-0.05, 0) is 5.18 Å². The number of hydrogen-bond acceptors (Lipinski definition) is 3. The fourth-order valence-electron chi connectivity index (χ4n) is 0.0658. The fraction of sp³-hybridized carbons (Fsp3) is 0. The molecule has 4 heteroatoms. The molecular weight excluding hydrogens is 94.1 g/mol. The molecule has 0 unspecified atom stereocenters. The SMILES string of the molecule is N#CC(=C=[N-])N=O. The fourth-order valence-corrected chi connectivity index (χ4v) is 0.0658. The summed E-state index contributed by atoms with van der Waals surface area (Å²) in [6, 6.07) is 1.28. The molecule has 0 radical (unpaired) electrons. The lowest BCUT2D eigenvalue weighted by molar-refractivity contribution is 1.40. The molecular formula is C3N3O-. The first kappa shape index (κ1) is 5.54. The van der Waals surface area contributed by atoms with Crippen molar-refractivity contribution in [2.75, 3.05) is 0 Å². The minimum Gasteiger partial charge on any atom is -0.761 e. The van der Waals surface area contributed by atoms with Gasteiger partial charge in [-0.1, -0.05) is 0 Å². The Hall–Kier alpha value is -1.46. The molecule has 0 rings (SSSR count). The zero-order valence-corrected chi connectivity index (χ0v) is 3.25. The molecule has 0 heterocycles. The monoisotopic (exact) mass is 94.0 g/mol. The minimum absolute atomic E-state index is 0.639. The van der Waals surface area contributed by atoms with E-state index >= 15 is 0 Å². The number of rotatable bonds is 1. The number of nitroso groups, excluding NO2 is 1. The molecule has 0 N–H and O–H groups in total. The van der Waals surface area contributed by atoms with Gasteiger partial charge in [-0.15, -0.1) is 4.91 Å². The van der Waals surface area contributed by atoms with Gasteiger partial charge in [0.15, 0.2) is 0 Å². The van der Waals surface area contributed by atoms with E-state index < -0.39 is 5.70 Å². The quantitative estimate of drug-likeness (QED) is 0.268. The van der Waals surface area contributed by atoms with Crippen molar-refractivity contribution in [3.05, 3.63) is 16.0 Å². The average molecular weight is 94.1 g/mol. The van der Waals surface area contributed by atoms with Crippen LogP contribution >= 0.6 is 0 Å². The predicted molar refractivity (Wildman–Crippen MR) is 23.3 cm³/mol. The van der Waals surface area contributed by atoms with E-state index in [0.29, 0.717) is 0 Å². The lowest BCUT2D eigenvalue weighted by Crippen LogP contribution is -1.64. The van der Waals surface area contributed by atoms with Gasteiger partial charge < -0.3 is 5.41 Å². The van der Waals surface area contributed by atoms with Gasteiger partial charge >= 0.3 is 0 Å². The third-order valence-electron chi connectivity index (χ3n) is 0.303. The summed E-state index contributed by atoms with van der Waals surface area (Å²) >= 11 is 0. The van der Waals surface area contributed by atoms with Crippen LogP contribution < -0.4 is 0 Å². The third kappa shape index (κ3) is 1.42. The molecule has 7 heavy (non-hydrogen) atoms. The van der Waals surface area contributed by atoms with Crippen molar-refractivity contribution in [2.24, 2.45) is 5.18 Å². The molecule has 0 aromatic heterocycles. The van der Waals surface area contributed by atoms with Gasteiger partial charge in [-0.25, -0.2) is 5.87 Å². The van der Waals surface area contributed by atoms with Gasteiger partial charge in [0.1, 0.15) is 6.07 Å². The molecule has 0 aliphatic carbocycles. The van der Waals surface area contributed by atoms with Crippen molar-refractivity contribution in [3.8, 4) is 6.07 Å². The third-order valence-corrected chi connectivity index (χ3v) is 0.303. The summed E-state index contributed by atoms with van der Waals surface area (Å²) in [5.41, 5.74) is -0.639. The minimum atomic E-state index is -0.639. The van der Waals surface area contributed by atoms with Crippen LogP contribution in [0.5, 0.6) is 0 Å². The van der Waals surface area contributed by atoms with Crippen molar-refractivity contribution >= 4 is 5.87 Å². The Morgan fingerprint density at radius 2 is 2.43 bits per heavy atom. The Balaban J connectivity index is 4.24. The molecule has 0 fully saturated rings. The highest BCUT2D eigenvalue weighted by Gasteiger charge is 1.79. The molecule has 0 aliphatic heterocycles. The molecule has 0 spiro atoms. The van der Waals surface area contributed by atoms with Crippen LogP contribution in [0.2, 0.25) is 0 Å². The standard InChI is InChI=1S/C3N3O/c4-1-3(2-5)6-7/q-1. The first-order valence-corrected chi connectivity index (χ1v) is 1.35. The van der Waals surface area contributed by atoms with E-state index in [1.807, 2.05) is 0 Å². The first-order chi connectivity index (χ1) is 3.35. The number of nitriles is 1. The summed E-state index contributed by atoms with van der Waals surface area (Å²) < 4.78 is 0. The lowest BCUT2D eigenvalue weighted by Gasteiger charge is -1.69. The van der Waals surface area contributed by atoms with Crippen molar-refractivity contribution < 1.29 is 0 Å². The van der Waals surface area contributed by atoms with Crippen molar-refractivity contribution in [3.63, 3.8) is 0 Å². The molecule has 0 bridgehead atoms. The van der Waals surface area contributed by atoms with Gasteiger partial charge in [0.05, 0.1) is 0 Å². The maximum Gasteiger partial charge on any atom is 0.204 e. The van der Waals surface area contributed by atoms with Crippen molar-refractivity contribution in [1.82, 2.24) is 0 Å². The van der Waals surface area contributed by atoms with E-state index in [1.165, 1.54) is 11.9 Å². The highest BCUT2D eigenvalue weighted by Crippen LogP contribution is 1.81. The maximum absolute atomic E-state index is 9.24. The van der Waals surface area contributed by atoms with Crippen LogP contribution in [0.15, 0.2) is 10.9 Å². The van der Waals surface area contributed by atoms with E-state index in [-0.39, 0.29) is 0 Å². The molecule has 34 valence electrons. The zero-order valence-electron chi connectivity index (χ0n) is 3.25. The Bertz CT molecular complexity index is 160. The summed E-state index contributed by atoms with van der Waals surface area (Å²) in [5.74, 6) is 1.28. The van der Waals surface area contributed by atoms with Crippen molar-refractivity contribution in [1.29, 1.82) is 5.26 Å². The summed E-state index contributed by atoms with van der Waals surface area (Å²) in [6.07, 6.45) is 0. The summed E-state index contributed by atoms with van der Waals surface area (Å²) in [5, 5.41) is 17.5. The second-order valence-corrected chi connectivity index (χ2v) is 0.664. The average Bonchev–Trinajstić information content (AvgIpc) is 1.72. The maximum atomic E-state index is 9.24. The molecule has 0 aromatic carbocycles. The van der Waals surface area contributed by atoms with Crippen LogP contribution in [0.4, 0.5) is 0 Å². The molecule has 0 aliphatic rings. The van der Waals surface area contributed by atoms with Gasteiger partial charge in [-0.2, -0.15) is 5.26 Å². The highest BCUT2D eigenvalue weighted by atomic mass is 16.3. The number of hydrogen-bond donors (Lipinski definition) is 0. The van der Waals surface area contributed by atoms with Crippen LogP contribution in [0.25, 0.3) is 5.41 Å². The van der Waals surface area contributed by atoms with Crippen LogP contribution in [-0.4, -0.2) is 5.87 Å². The number of allylic oxidation sites excluding steroid dienone is 1. The Labute approximate surface area is 39.6 Å². The molecule has 0 saturated heterocycles. The summed E-state index contributed by atoms with van der Waals surface area (Å²) in [6.45, 7) is 0. The van der Waals surface area contributed by atoms with Crippen LogP contribution in [0.3, 0.4) is 0 Å². The van der Waals surface area contributed by atoms with Crippen LogP contribution in [0, 0.1) is 16.2 Å². The largest absolute Gasteiger partial charge is 0.761 e. The predicted octanol–water partition coefficient (Wildman–Crippen LogP) is 0.399. The zero-order chi connectivity index (χ0) is 5.70. The Morgan fingerprint density at radius 1 is 1.86 bits per heavy atom. The summed E-state index contributed by atoms with van der Waals surface area (Å²) in [7, 11) is 0. The summed E-state index contributed by atoms with van der Waals surface area (Å²) in [4.78, 5) is 9.24. The van der Waals surface area contributed by atoms with E-state index in [0.717, 1.165) is 0 Å². The number of nitrogens with zero attached hydrogens (tertiary/aromatic N) is 3. The van der Waals surface area contributed by atoms with E-state index in [1.54, 1.807) is 0 Å². The van der Waals surface area contributed by atoms with Gasteiger partial charge in [0, 0.05) is 0 Å². The molecule has 0 saturated carbocycles. The first-order valence-electron chi connectivity index (χ1n) is 1.35. The molecule has 0 amide bonds. The van der Waals surface area contributed by atoms with E-state index in [4.69, 9.17) is 10.7 Å². The smallest absolute Gasteiger partial charge is 0.204 e. The van der Waals surface area contributed by atoms with Crippen LogP contribution in [-0.2, 0) is 0 Å². The second-order valence-electron chi connectivity index (χ2n) is 0.664. The highest BCUT2D eigenvalue weighted by molar-refractivity contribution is 5.64. The van der Waals surface area contributed by atoms with Gasteiger partial charge in [0.25, 0.3) is 0 Å². The van der Waals surface area contributed by atoms with E-state index in [9.17, 15) is 4.91 Å². The lowest BCUT2D eigenvalue weighted by atomic mass is 10.6.